The number of alkyl halides is 3. The number of imidazole rings is 1. The lowest BCUT2D eigenvalue weighted by Crippen LogP contribution is -2.37. The topological polar surface area (TPSA) is 66.5 Å². The van der Waals surface area contributed by atoms with E-state index in [4.69, 9.17) is 19.4 Å². The number of nitrogens with zero attached hydrogens (tertiary/aromatic N) is 4. The van der Waals surface area contributed by atoms with Crippen LogP contribution in [0.2, 0.25) is 0 Å². The van der Waals surface area contributed by atoms with Crippen LogP contribution in [0, 0.1) is 5.41 Å². The SMILES string of the molecule is CCOc1ccc(-c2cc(N(C)CC3(COC)CCCC3)c3[nH]c(-c4ccc(N5CCCCC5)cc4)nc3n2)cc1C(F)(F)F. The van der Waals surface area contributed by atoms with Crippen molar-refractivity contribution in [3.05, 3.63) is 54.1 Å². The highest BCUT2D eigenvalue weighted by Gasteiger charge is 2.37. The van der Waals surface area contributed by atoms with Crippen LogP contribution in [-0.2, 0) is 10.9 Å². The van der Waals surface area contributed by atoms with Gasteiger partial charge >= 0.3 is 6.18 Å². The number of hydrogen-bond donors (Lipinski definition) is 1. The van der Waals surface area contributed by atoms with E-state index in [0.717, 1.165) is 68.2 Å². The highest BCUT2D eigenvalue weighted by molar-refractivity contribution is 5.91. The first-order valence-corrected chi connectivity index (χ1v) is 16.0. The van der Waals surface area contributed by atoms with Crippen molar-refractivity contribution < 1.29 is 22.6 Å². The third-order valence-corrected chi connectivity index (χ3v) is 9.28. The van der Waals surface area contributed by atoms with Gasteiger partial charge in [0.2, 0.25) is 0 Å². The number of ether oxygens (including phenoxy) is 2. The van der Waals surface area contributed by atoms with Gasteiger partial charge in [0, 0.05) is 56.0 Å². The van der Waals surface area contributed by atoms with Gasteiger partial charge in [-0.2, -0.15) is 13.2 Å². The van der Waals surface area contributed by atoms with Crippen molar-refractivity contribution in [2.75, 3.05) is 56.8 Å². The maximum atomic E-state index is 14.1. The fraction of sp³-hybridized carbons (Fsp3) is 0.486. The molecule has 0 radical (unpaired) electrons. The Hall–Kier alpha value is -3.79. The molecule has 1 aliphatic carbocycles. The first-order valence-electron chi connectivity index (χ1n) is 16.0. The van der Waals surface area contributed by atoms with Gasteiger partial charge in [-0.3, -0.25) is 0 Å². The van der Waals surface area contributed by atoms with E-state index in [1.165, 1.54) is 31.0 Å². The van der Waals surface area contributed by atoms with Gasteiger partial charge in [-0.05, 0) is 87.6 Å². The lowest BCUT2D eigenvalue weighted by atomic mass is 9.86. The predicted molar refractivity (Wildman–Crippen MR) is 173 cm³/mol. The quantitative estimate of drug-likeness (QED) is 0.192. The predicted octanol–water partition coefficient (Wildman–Crippen LogP) is 8.34. The van der Waals surface area contributed by atoms with E-state index in [2.05, 4.69) is 39.0 Å². The number of nitrogens with one attached hydrogen (secondary N) is 1. The Kier molecular flexibility index (Phi) is 8.95. The molecule has 0 atom stereocenters. The van der Waals surface area contributed by atoms with Crippen LogP contribution < -0.4 is 14.5 Å². The van der Waals surface area contributed by atoms with Gasteiger partial charge in [0.15, 0.2) is 5.65 Å². The summed E-state index contributed by atoms with van der Waals surface area (Å²) in [5.41, 5.74) is 4.14. The number of halogens is 3. The van der Waals surface area contributed by atoms with E-state index in [0.29, 0.717) is 29.3 Å². The zero-order chi connectivity index (χ0) is 31.6. The molecule has 45 heavy (non-hydrogen) atoms. The van der Waals surface area contributed by atoms with Gasteiger partial charge in [-0.1, -0.05) is 12.8 Å². The standard InChI is InChI=1S/C35H42F3N5O2/c1-4-45-30-15-12-25(20-27(30)35(36,37)38)28-21-29(42(2)22-34(23-44-3)16-6-7-17-34)31-33(39-28)41-32(40-31)24-10-13-26(14-11-24)43-18-8-5-9-19-43/h10-15,20-21H,4-9,16-19,22-23H2,1-3H3,(H,39,40,41). The second-order valence-electron chi connectivity index (χ2n) is 12.5. The number of aromatic nitrogens is 3. The molecule has 3 heterocycles. The molecule has 0 spiro atoms. The average molecular weight is 622 g/mol. The van der Waals surface area contributed by atoms with Crippen LogP contribution in [0.15, 0.2) is 48.5 Å². The lowest BCUT2D eigenvalue weighted by molar-refractivity contribution is -0.138. The molecule has 0 unspecified atom stereocenters. The van der Waals surface area contributed by atoms with Crippen molar-refractivity contribution in [2.24, 2.45) is 5.41 Å². The van der Waals surface area contributed by atoms with Crippen molar-refractivity contribution in [2.45, 2.75) is 58.0 Å². The van der Waals surface area contributed by atoms with E-state index < -0.39 is 11.7 Å². The Labute approximate surface area is 262 Å². The van der Waals surface area contributed by atoms with Gasteiger partial charge in [-0.25, -0.2) is 9.97 Å². The second-order valence-corrected chi connectivity index (χ2v) is 12.5. The van der Waals surface area contributed by atoms with Gasteiger partial charge in [0.25, 0.3) is 0 Å². The molecule has 1 N–H and O–H groups in total. The zero-order valence-electron chi connectivity index (χ0n) is 26.3. The minimum absolute atomic E-state index is 0.00891. The molecule has 0 bridgehead atoms. The minimum Gasteiger partial charge on any atom is -0.493 e. The van der Waals surface area contributed by atoms with Crippen molar-refractivity contribution in [3.8, 4) is 28.4 Å². The molecule has 6 rings (SSSR count). The van der Waals surface area contributed by atoms with Gasteiger partial charge in [-0.15, -0.1) is 0 Å². The molecule has 240 valence electrons. The first kappa shape index (κ1) is 31.2. The number of pyridine rings is 1. The number of H-pyrrole nitrogens is 1. The normalized spacial score (nSPS) is 16.8. The molecule has 2 aromatic heterocycles. The average Bonchev–Trinajstić information content (AvgIpc) is 3.68. The molecule has 1 saturated heterocycles. The second kappa shape index (κ2) is 12.9. The van der Waals surface area contributed by atoms with Crippen LogP contribution in [0.1, 0.15) is 57.4 Å². The summed E-state index contributed by atoms with van der Waals surface area (Å²) in [6, 6.07) is 14.4. The molecule has 1 aliphatic heterocycles. The fourth-order valence-electron chi connectivity index (χ4n) is 7.10. The van der Waals surface area contributed by atoms with Gasteiger partial charge in [0.1, 0.15) is 17.1 Å². The number of benzene rings is 2. The Balaban J connectivity index is 1.42. The third kappa shape index (κ3) is 6.61. The summed E-state index contributed by atoms with van der Waals surface area (Å²) in [4.78, 5) is 17.8. The van der Waals surface area contributed by atoms with Crippen molar-refractivity contribution >= 4 is 22.5 Å². The Morgan fingerprint density at radius 2 is 1.64 bits per heavy atom. The van der Waals surface area contributed by atoms with Crippen LogP contribution >= 0.6 is 0 Å². The lowest BCUT2D eigenvalue weighted by Gasteiger charge is -2.34. The van der Waals surface area contributed by atoms with E-state index in [9.17, 15) is 13.2 Å². The summed E-state index contributed by atoms with van der Waals surface area (Å²) in [5.74, 6) is 0.481. The maximum absolute atomic E-state index is 14.1. The third-order valence-electron chi connectivity index (χ3n) is 9.28. The summed E-state index contributed by atoms with van der Waals surface area (Å²) in [6.45, 7) is 5.35. The number of aromatic amines is 1. The molecule has 2 aliphatic rings. The maximum Gasteiger partial charge on any atom is 0.419 e. The van der Waals surface area contributed by atoms with E-state index in [-0.39, 0.29) is 17.8 Å². The van der Waals surface area contributed by atoms with Crippen LogP contribution in [0.25, 0.3) is 33.8 Å². The minimum atomic E-state index is -4.57. The molecule has 1 saturated carbocycles. The van der Waals surface area contributed by atoms with E-state index >= 15 is 0 Å². The van der Waals surface area contributed by atoms with Crippen molar-refractivity contribution in [3.63, 3.8) is 0 Å². The molecule has 4 aromatic rings. The number of hydrogen-bond acceptors (Lipinski definition) is 6. The summed E-state index contributed by atoms with van der Waals surface area (Å²) < 4.78 is 53.2. The smallest absolute Gasteiger partial charge is 0.419 e. The summed E-state index contributed by atoms with van der Waals surface area (Å²) >= 11 is 0. The molecule has 2 aromatic carbocycles. The number of methoxy groups -OCH3 is 1. The molecular formula is C35H42F3N5O2. The van der Waals surface area contributed by atoms with Crippen LogP contribution in [0.3, 0.4) is 0 Å². The monoisotopic (exact) mass is 621 g/mol. The Bertz CT molecular complexity index is 1610. The first-order chi connectivity index (χ1) is 21.7. The summed E-state index contributed by atoms with van der Waals surface area (Å²) in [6.07, 6.45) is 3.57. The molecule has 10 heteroatoms. The molecule has 2 fully saturated rings. The Morgan fingerprint density at radius 1 is 0.933 bits per heavy atom. The van der Waals surface area contributed by atoms with Crippen molar-refractivity contribution in [1.29, 1.82) is 0 Å². The van der Waals surface area contributed by atoms with Crippen LogP contribution in [0.5, 0.6) is 5.75 Å². The summed E-state index contributed by atoms with van der Waals surface area (Å²) in [7, 11) is 3.77. The van der Waals surface area contributed by atoms with Crippen molar-refractivity contribution in [1.82, 2.24) is 15.0 Å². The highest BCUT2D eigenvalue weighted by Crippen LogP contribution is 2.42. The largest absolute Gasteiger partial charge is 0.493 e. The number of anilines is 2. The highest BCUT2D eigenvalue weighted by atomic mass is 19.4. The van der Waals surface area contributed by atoms with Crippen LogP contribution in [-0.4, -0.2) is 62.0 Å². The van der Waals surface area contributed by atoms with Gasteiger partial charge in [0.05, 0.1) is 30.2 Å². The van der Waals surface area contributed by atoms with Gasteiger partial charge < -0.3 is 24.3 Å². The summed E-state index contributed by atoms with van der Waals surface area (Å²) in [5, 5.41) is 0. The number of piperidine rings is 1. The number of rotatable bonds is 10. The van der Waals surface area contributed by atoms with E-state index in [1.807, 2.05) is 13.1 Å². The zero-order valence-corrected chi connectivity index (χ0v) is 26.3. The van der Waals surface area contributed by atoms with Crippen LogP contribution in [0.4, 0.5) is 24.5 Å². The Morgan fingerprint density at radius 3 is 2.31 bits per heavy atom. The molecular weight excluding hydrogens is 579 g/mol. The molecule has 0 amide bonds. The fourth-order valence-corrected chi connectivity index (χ4v) is 7.10. The van der Waals surface area contributed by atoms with E-state index in [1.54, 1.807) is 20.1 Å². The molecule has 7 nitrogen and oxygen atoms in total. The number of fused-ring (bicyclic) bond motifs is 1.